The standard InChI is InChI=1S/C13H11IO2/c14-12-7-6-11(8-12)13(15)16-9-10-4-2-1-3-5-10/h1-5,7-8H,6,9H2. The predicted octanol–water partition coefficient (Wildman–Crippen LogP) is 3.38. The lowest BCUT2D eigenvalue weighted by molar-refractivity contribution is -0.140. The highest BCUT2D eigenvalue weighted by molar-refractivity contribution is 14.1. The molecule has 1 aromatic rings. The fourth-order valence-electron chi connectivity index (χ4n) is 1.45. The third kappa shape index (κ3) is 2.95. The van der Waals surface area contributed by atoms with Gasteiger partial charge in [0.05, 0.1) is 0 Å². The number of allylic oxidation sites excluding steroid dienone is 3. The highest BCUT2D eigenvalue weighted by Gasteiger charge is 2.14. The van der Waals surface area contributed by atoms with Gasteiger partial charge in [0, 0.05) is 9.15 Å². The van der Waals surface area contributed by atoms with Crippen LogP contribution in [0.1, 0.15) is 12.0 Å². The molecule has 0 heterocycles. The molecule has 0 bridgehead atoms. The Kier molecular flexibility index (Phi) is 3.77. The largest absolute Gasteiger partial charge is 0.457 e. The Labute approximate surface area is 108 Å². The van der Waals surface area contributed by atoms with Crippen LogP contribution in [0.2, 0.25) is 0 Å². The van der Waals surface area contributed by atoms with E-state index in [0.29, 0.717) is 13.0 Å². The Morgan fingerprint density at radius 2 is 2.06 bits per heavy atom. The lowest BCUT2D eigenvalue weighted by Gasteiger charge is -2.04. The zero-order valence-electron chi connectivity index (χ0n) is 8.65. The quantitative estimate of drug-likeness (QED) is 0.629. The Balaban J connectivity index is 1.88. The SMILES string of the molecule is O=C(OCc1ccccc1)C1=CC(I)=CC1. The van der Waals surface area contributed by atoms with Gasteiger partial charge < -0.3 is 4.74 Å². The average Bonchev–Trinajstić information content (AvgIpc) is 2.74. The summed E-state index contributed by atoms with van der Waals surface area (Å²) in [4.78, 5) is 11.6. The molecule has 1 aliphatic rings. The molecular weight excluding hydrogens is 315 g/mol. The molecule has 3 heteroatoms. The minimum absolute atomic E-state index is 0.216. The Morgan fingerprint density at radius 1 is 1.31 bits per heavy atom. The number of carbonyl (C=O) groups is 1. The van der Waals surface area contributed by atoms with E-state index in [1.807, 2.05) is 42.5 Å². The molecule has 2 rings (SSSR count). The molecule has 0 saturated carbocycles. The fraction of sp³-hybridized carbons (Fsp3) is 0.154. The summed E-state index contributed by atoms with van der Waals surface area (Å²) in [5, 5.41) is 0. The number of halogens is 1. The van der Waals surface area contributed by atoms with Gasteiger partial charge in [-0.05, 0) is 40.7 Å². The van der Waals surface area contributed by atoms with Crippen molar-refractivity contribution in [2.45, 2.75) is 13.0 Å². The summed E-state index contributed by atoms with van der Waals surface area (Å²) in [7, 11) is 0. The summed E-state index contributed by atoms with van der Waals surface area (Å²) in [5.41, 5.74) is 1.75. The van der Waals surface area contributed by atoms with Crippen LogP contribution in [-0.4, -0.2) is 5.97 Å². The van der Waals surface area contributed by atoms with Gasteiger partial charge in [0.2, 0.25) is 0 Å². The molecule has 0 unspecified atom stereocenters. The summed E-state index contributed by atoms with van der Waals surface area (Å²) in [6.07, 6.45) is 4.57. The molecule has 1 aromatic carbocycles. The molecule has 2 nitrogen and oxygen atoms in total. The minimum Gasteiger partial charge on any atom is -0.457 e. The maximum Gasteiger partial charge on any atom is 0.334 e. The second kappa shape index (κ2) is 5.30. The summed E-state index contributed by atoms with van der Waals surface area (Å²) >= 11 is 2.20. The van der Waals surface area contributed by atoms with E-state index in [9.17, 15) is 4.79 Å². The molecule has 0 amide bonds. The Bertz CT molecular complexity index is 446. The maximum atomic E-state index is 11.6. The van der Waals surface area contributed by atoms with E-state index in [1.165, 1.54) is 0 Å². The minimum atomic E-state index is -0.216. The second-order valence-electron chi connectivity index (χ2n) is 3.52. The van der Waals surface area contributed by atoms with E-state index in [2.05, 4.69) is 22.6 Å². The fourth-order valence-corrected chi connectivity index (χ4v) is 2.05. The Morgan fingerprint density at radius 3 is 2.69 bits per heavy atom. The van der Waals surface area contributed by atoms with E-state index in [-0.39, 0.29) is 5.97 Å². The van der Waals surface area contributed by atoms with Crippen LogP contribution in [0.5, 0.6) is 0 Å². The van der Waals surface area contributed by atoms with Crippen molar-refractivity contribution in [3.8, 4) is 0 Å². The van der Waals surface area contributed by atoms with Gasteiger partial charge in [0.15, 0.2) is 0 Å². The van der Waals surface area contributed by atoms with E-state index in [0.717, 1.165) is 14.7 Å². The monoisotopic (exact) mass is 326 g/mol. The van der Waals surface area contributed by atoms with Crippen LogP contribution in [0, 0.1) is 0 Å². The van der Waals surface area contributed by atoms with Crippen LogP contribution in [0.15, 0.2) is 51.6 Å². The van der Waals surface area contributed by atoms with Crippen molar-refractivity contribution < 1.29 is 9.53 Å². The van der Waals surface area contributed by atoms with Crippen LogP contribution in [0.3, 0.4) is 0 Å². The van der Waals surface area contributed by atoms with Crippen LogP contribution in [0.25, 0.3) is 0 Å². The van der Waals surface area contributed by atoms with Crippen molar-refractivity contribution in [1.29, 1.82) is 0 Å². The molecule has 0 fully saturated rings. The summed E-state index contributed by atoms with van der Waals surface area (Å²) < 4.78 is 6.32. The van der Waals surface area contributed by atoms with Gasteiger partial charge >= 0.3 is 5.97 Å². The topological polar surface area (TPSA) is 26.3 Å². The summed E-state index contributed by atoms with van der Waals surface area (Å²) in [6.45, 7) is 0.341. The third-order valence-electron chi connectivity index (χ3n) is 2.30. The van der Waals surface area contributed by atoms with Crippen LogP contribution in [-0.2, 0) is 16.1 Å². The molecule has 0 radical (unpaired) electrons. The van der Waals surface area contributed by atoms with Crippen molar-refractivity contribution in [1.82, 2.24) is 0 Å². The maximum absolute atomic E-state index is 11.6. The van der Waals surface area contributed by atoms with Gasteiger partial charge in [-0.25, -0.2) is 4.79 Å². The lowest BCUT2D eigenvalue weighted by atomic mass is 10.2. The summed E-state index contributed by atoms with van der Waals surface area (Å²) in [6, 6.07) is 9.69. The molecule has 82 valence electrons. The number of esters is 1. The zero-order valence-corrected chi connectivity index (χ0v) is 10.8. The van der Waals surface area contributed by atoms with Crippen LogP contribution in [0.4, 0.5) is 0 Å². The predicted molar refractivity (Wildman–Crippen MR) is 71.0 cm³/mol. The van der Waals surface area contributed by atoms with Crippen molar-refractivity contribution in [2.75, 3.05) is 0 Å². The van der Waals surface area contributed by atoms with E-state index in [4.69, 9.17) is 4.74 Å². The number of benzene rings is 1. The average molecular weight is 326 g/mol. The van der Waals surface area contributed by atoms with Gasteiger partial charge in [-0.3, -0.25) is 0 Å². The number of hydrogen-bond donors (Lipinski definition) is 0. The molecule has 1 aliphatic carbocycles. The molecule has 0 atom stereocenters. The third-order valence-corrected chi connectivity index (χ3v) is 3.06. The molecule has 0 N–H and O–H groups in total. The van der Waals surface area contributed by atoms with Gasteiger partial charge in [-0.15, -0.1) is 0 Å². The summed E-state index contributed by atoms with van der Waals surface area (Å²) in [5.74, 6) is -0.216. The highest BCUT2D eigenvalue weighted by Crippen LogP contribution is 2.23. The lowest BCUT2D eigenvalue weighted by Crippen LogP contribution is -2.06. The normalized spacial score (nSPS) is 14.3. The van der Waals surface area contributed by atoms with E-state index in [1.54, 1.807) is 0 Å². The van der Waals surface area contributed by atoms with E-state index < -0.39 is 0 Å². The zero-order chi connectivity index (χ0) is 11.4. The van der Waals surface area contributed by atoms with Crippen molar-refractivity contribution in [3.05, 3.63) is 57.2 Å². The number of carbonyl (C=O) groups excluding carboxylic acids is 1. The van der Waals surface area contributed by atoms with Crippen molar-refractivity contribution in [2.24, 2.45) is 0 Å². The van der Waals surface area contributed by atoms with E-state index >= 15 is 0 Å². The van der Waals surface area contributed by atoms with Crippen LogP contribution < -0.4 is 0 Å². The molecular formula is C13H11IO2. The first-order valence-electron chi connectivity index (χ1n) is 5.03. The molecule has 0 aliphatic heterocycles. The number of ether oxygens (including phenoxy) is 1. The molecule has 0 spiro atoms. The van der Waals surface area contributed by atoms with Crippen LogP contribution >= 0.6 is 22.6 Å². The number of hydrogen-bond acceptors (Lipinski definition) is 2. The van der Waals surface area contributed by atoms with Gasteiger partial charge in [-0.2, -0.15) is 0 Å². The van der Waals surface area contributed by atoms with Gasteiger partial charge in [0.1, 0.15) is 6.61 Å². The van der Waals surface area contributed by atoms with Crippen molar-refractivity contribution in [3.63, 3.8) is 0 Å². The smallest absolute Gasteiger partial charge is 0.334 e. The molecule has 16 heavy (non-hydrogen) atoms. The second-order valence-corrected chi connectivity index (χ2v) is 4.77. The highest BCUT2D eigenvalue weighted by atomic mass is 127. The first-order chi connectivity index (χ1) is 7.75. The van der Waals surface area contributed by atoms with Crippen molar-refractivity contribution >= 4 is 28.6 Å². The molecule has 0 saturated heterocycles. The Hall–Kier alpha value is -1.10. The number of rotatable bonds is 3. The first-order valence-corrected chi connectivity index (χ1v) is 6.11. The molecule has 0 aromatic heterocycles. The van der Waals surface area contributed by atoms with Gasteiger partial charge in [-0.1, -0.05) is 36.4 Å². The van der Waals surface area contributed by atoms with Gasteiger partial charge in [0.25, 0.3) is 0 Å². The first kappa shape index (κ1) is 11.4.